The molecular weight excluding hydrogens is 322 g/mol. The van der Waals surface area contributed by atoms with E-state index in [0.717, 1.165) is 11.1 Å². The Kier molecular flexibility index (Phi) is 5.04. The van der Waals surface area contributed by atoms with Gasteiger partial charge in [-0.15, -0.1) is 0 Å². The molecule has 0 spiro atoms. The summed E-state index contributed by atoms with van der Waals surface area (Å²) >= 11 is 0. The smallest absolute Gasteiger partial charge is 0.243 e. The normalized spacial score (nSPS) is 22.4. The zero-order valence-corrected chi connectivity index (χ0v) is 14.9. The molecule has 0 N–H and O–H groups in total. The fraction of sp³-hybridized carbons (Fsp3) is 0.368. The van der Waals surface area contributed by atoms with Crippen molar-refractivity contribution in [3.05, 3.63) is 65.7 Å². The third kappa shape index (κ3) is 3.86. The quantitative estimate of drug-likeness (QED) is 0.856. The lowest BCUT2D eigenvalue weighted by molar-refractivity contribution is -0.0529. The summed E-state index contributed by atoms with van der Waals surface area (Å²) in [4.78, 5) is 0.348. The van der Waals surface area contributed by atoms with Crippen molar-refractivity contribution < 1.29 is 13.2 Å². The van der Waals surface area contributed by atoms with Gasteiger partial charge in [-0.25, -0.2) is 8.42 Å². The van der Waals surface area contributed by atoms with Gasteiger partial charge in [-0.1, -0.05) is 48.0 Å². The van der Waals surface area contributed by atoms with Crippen LogP contribution in [0.15, 0.2) is 59.5 Å². The molecule has 1 aliphatic rings. The van der Waals surface area contributed by atoms with Gasteiger partial charge in [-0.05, 0) is 38.0 Å². The van der Waals surface area contributed by atoms with E-state index in [1.165, 1.54) is 0 Å². The standard InChI is InChI=1S/C19H23NO3S/c1-15-8-10-19(11-9-15)24(21,22)20-13-16(2)23-18(14-20)12-17-6-4-3-5-7-17/h3-11,16,18H,12-14H2,1-2H3. The lowest BCUT2D eigenvalue weighted by Crippen LogP contribution is -2.49. The van der Waals surface area contributed by atoms with Crippen LogP contribution in [0.2, 0.25) is 0 Å². The number of ether oxygens (including phenoxy) is 1. The summed E-state index contributed by atoms with van der Waals surface area (Å²) in [6, 6.07) is 17.1. The van der Waals surface area contributed by atoms with Crippen LogP contribution in [0.25, 0.3) is 0 Å². The molecule has 0 aliphatic carbocycles. The highest BCUT2D eigenvalue weighted by atomic mass is 32.2. The zero-order valence-electron chi connectivity index (χ0n) is 14.1. The summed E-state index contributed by atoms with van der Waals surface area (Å²) in [5.41, 5.74) is 2.20. The highest BCUT2D eigenvalue weighted by Gasteiger charge is 2.33. The van der Waals surface area contributed by atoms with Gasteiger partial charge >= 0.3 is 0 Å². The van der Waals surface area contributed by atoms with Crippen molar-refractivity contribution in [2.24, 2.45) is 0 Å². The predicted octanol–water partition coefficient (Wildman–Crippen LogP) is 3.02. The molecule has 2 aromatic rings. The van der Waals surface area contributed by atoms with E-state index < -0.39 is 10.0 Å². The molecule has 1 aliphatic heterocycles. The van der Waals surface area contributed by atoms with Gasteiger partial charge in [0.15, 0.2) is 0 Å². The van der Waals surface area contributed by atoms with E-state index in [9.17, 15) is 8.42 Å². The van der Waals surface area contributed by atoms with Gasteiger partial charge in [0.25, 0.3) is 0 Å². The highest BCUT2D eigenvalue weighted by Crippen LogP contribution is 2.23. The molecule has 1 heterocycles. The van der Waals surface area contributed by atoms with E-state index in [1.54, 1.807) is 16.4 Å². The Bertz CT molecular complexity index is 772. The summed E-state index contributed by atoms with van der Waals surface area (Å²) in [5.74, 6) is 0. The van der Waals surface area contributed by atoms with E-state index in [1.807, 2.05) is 56.3 Å². The zero-order chi connectivity index (χ0) is 17.2. The Morgan fingerprint density at radius 2 is 1.71 bits per heavy atom. The van der Waals surface area contributed by atoms with E-state index in [2.05, 4.69) is 0 Å². The maximum atomic E-state index is 12.9. The van der Waals surface area contributed by atoms with Gasteiger partial charge in [0, 0.05) is 13.1 Å². The first-order valence-corrected chi connectivity index (χ1v) is 9.65. The molecule has 0 radical (unpaired) electrons. The van der Waals surface area contributed by atoms with Gasteiger partial charge < -0.3 is 4.74 Å². The molecule has 3 rings (SSSR count). The number of rotatable bonds is 4. The van der Waals surface area contributed by atoms with Crippen molar-refractivity contribution in [3.8, 4) is 0 Å². The van der Waals surface area contributed by atoms with Gasteiger partial charge in [-0.3, -0.25) is 0 Å². The minimum absolute atomic E-state index is 0.118. The average Bonchev–Trinajstić information content (AvgIpc) is 2.55. The van der Waals surface area contributed by atoms with Gasteiger partial charge in [0.05, 0.1) is 17.1 Å². The van der Waals surface area contributed by atoms with Crippen LogP contribution >= 0.6 is 0 Å². The monoisotopic (exact) mass is 345 g/mol. The minimum Gasteiger partial charge on any atom is -0.372 e. The van der Waals surface area contributed by atoms with Crippen LogP contribution in [-0.2, 0) is 21.2 Å². The first kappa shape index (κ1) is 17.1. The van der Waals surface area contributed by atoms with E-state index >= 15 is 0 Å². The maximum absolute atomic E-state index is 12.9. The Labute approximate surface area is 144 Å². The second-order valence-electron chi connectivity index (χ2n) is 6.39. The molecular formula is C19H23NO3S. The molecule has 4 nitrogen and oxygen atoms in total. The summed E-state index contributed by atoms with van der Waals surface area (Å²) in [7, 11) is -3.48. The highest BCUT2D eigenvalue weighted by molar-refractivity contribution is 7.89. The predicted molar refractivity (Wildman–Crippen MR) is 94.4 cm³/mol. The first-order valence-electron chi connectivity index (χ1n) is 8.21. The fourth-order valence-corrected chi connectivity index (χ4v) is 4.60. The summed E-state index contributed by atoms with van der Waals surface area (Å²) < 4.78 is 33.3. The molecule has 2 aromatic carbocycles. The third-order valence-corrected chi connectivity index (χ3v) is 6.10. The number of sulfonamides is 1. The van der Waals surface area contributed by atoms with Crippen LogP contribution in [0, 0.1) is 6.92 Å². The summed E-state index contributed by atoms with van der Waals surface area (Å²) in [6.45, 7) is 4.65. The summed E-state index contributed by atoms with van der Waals surface area (Å²) in [5, 5.41) is 0. The van der Waals surface area contributed by atoms with Crippen molar-refractivity contribution in [1.29, 1.82) is 0 Å². The second-order valence-corrected chi connectivity index (χ2v) is 8.33. The first-order chi connectivity index (χ1) is 11.4. The molecule has 0 saturated carbocycles. The number of hydrogen-bond acceptors (Lipinski definition) is 3. The van der Waals surface area contributed by atoms with Crippen LogP contribution in [-0.4, -0.2) is 38.0 Å². The molecule has 2 atom stereocenters. The van der Waals surface area contributed by atoms with Crippen LogP contribution < -0.4 is 0 Å². The van der Waals surface area contributed by atoms with E-state index in [4.69, 9.17) is 4.74 Å². The number of hydrogen-bond donors (Lipinski definition) is 0. The Morgan fingerprint density at radius 1 is 1.04 bits per heavy atom. The second kappa shape index (κ2) is 7.05. The summed E-state index contributed by atoms with van der Waals surface area (Å²) in [6.07, 6.45) is 0.467. The maximum Gasteiger partial charge on any atom is 0.243 e. The Hall–Kier alpha value is -1.69. The number of morpholine rings is 1. The average molecular weight is 345 g/mol. The van der Waals surface area contributed by atoms with Gasteiger partial charge in [0.2, 0.25) is 10.0 Å². The molecule has 1 fully saturated rings. The molecule has 2 unspecified atom stereocenters. The third-order valence-electron chi connectivity index (χ3n) is 4.26. The Morgan fingerprint density at radius 3 is 2.38 bits per heavy atom. The van der Waals surface area contributed by atoms with Crippen molar-refractivity contribution >= 4 is 10.0 Å². The molecule has 1 saturated heterocycles. The van der Waals surface area contributed by atoms with Crippen LogP contribution in [0.5, 0.6) is 0 Å². The molecule has 24 heavy (non-hydrogen) atoms. The SMILES string of the molecule is Cc1ccc(S(=O)(=O)N2CC(C)OC(Cc3ccccc3)C2)cc1. The fourth-order valence-electron chi connectivity index (χ4n) is 3.05. The van der Waals surface area contributed by atoms with Crippen molar-refractivity contribution in [3.63, 3.8) is 0 Å². The van der Waals surface area contributed by atoms with Crippen molar-refractivity contribution in [2.75, 3.05) is 13.1 Å². The Balaban J connectivity index is 1.78. The number of aryl methyl sites for hydroxylation is 1. The van der Waals surface area contributed by atoms with E-state index in [-0.39, 0.29) is 12.2 Å². The van der Waals surface area contributed by atoms with Crippen molar-refractivity contribution in [2.45, 2.75) is 37.4 Å². The van der Waals surface area contributed by atoms with Crippen LogP contribution in [0.3, 0.4) is 0 Å². The molecule has 0 aromatic heterocycles. The van der Waals surface area contributed by atoms with Crippen LogP contribution in [0.1, 0.15) is 18.1 Å². The topological polar surface area (TPSA) is 46.6 Å². The molecule has 128 valence electrons. The van der Waals surface area contributed by atoms with E-state index in [0.29, 0.717) is 24.4 Å². The van der Waals surface area contributed by atoms with Gasteiger partial charge in [0.1, 0.15) is 0 Å². The molecule has 0 amide bonds. The molecule has 0 bridgehead atoms. The molecule has 5 heteroatoms. The largest absolute Gasteiger partial charge is 0.372 e. The number of benzene rings is 2. The van der Waals surface area contributed by atoms with Crippen LogP contribution in [0.4, 0.5) is 0 Å². The van der Waals surface area contributed by atoms with Gasteiger partial charge in [-0.2, -0.15) is 4.31 Å². The number of nitrogens with zero attached hydrogens (tertiary/aromatic N) is 1. The minimum atomic E-state index is -3.48. The lowest BCUT2D eigenvalue weighted by atomic mass is 10.1. The lowest BCUT2D eigenvalue weighted by Gasteiger charge is -2.36. The van der Waals surface area contributed by atoms with Crippen molar-refractivity contribution in [1.82, 2.24) is 4.31 Å².